The highest BCUT2D eigenvalue weighted by molar-refractivity contribution is 9.13. The molecule has 2 aromatic rings. The zero-order valence-electron chi connectivity index (χ0n) is 6.92. The first-order valence-corrected chi connectivity index (χ1v) is 5.39. The molecule has 0 unspecified atom stereocenters. The highest BCUT2D eigenvalue weighted by Gasteiger charge is 2.10. The van der Waals surface area contributed by atoms with Crippen LogP contribution in [-0.2, 0) is 6.61 Å². The molecule has 4 nitrogen and oxygen atoms in total. The van der Waals surface area contributed by atoms with Crippen molar-refractivity contribution >= 4 is 31.9 Å². The van der Waals surface area contributed by atoms with Crippen LogP contribution in [0.3, 0.4) is 0 Å². The minimum absolute atomic E-state index is 0.0595. The maximum atomic E-state index is 8.84. The molecule has 2 aromatic heterocycles. The number of hydrogen-bond donors (Lipinski definition) is 2. The van der Waals surface area contributed by atoms with E-state index in [9.17, 15) is 0 Å². The van der Waals surface area contributed by atoms with Crippen molar-refractivity contribution in [3.05, 3.63) is 27.1 Å². The third kappa shape index (κ3) is 1.77. The number of halogens is 2. The molecule has 6 heteroatoms. The fraction of sp³-hybridized carbons (Fsp3) is 0.125. The van der Waals surface area contributed by atoms with E-state index in [2.05, 4.69) is 41.8 Å². The van der Waals surface area contributed by atoms with E-state index in [0.29, 0.717) is 21.9 Å². The molecule has 0 saturated carbocycles. The number of imidazole rings is 1. The van der Waals surface area contributed by atoms with Crippen molar-refractivity contribution in [2.75, 3.05) is 0 Å². The van der Waals surface area contributed by atoms with E-state index >= 15 is 0 Å². The summed E-state index contributed by atoms with van der Waals surface area (Å²) in [6.07, 6.45) is 1.57. The van der Waals surface area contributed by atoms with E-state index < -0.39 is 0 Å². The minimum Gasteiger partial charge on any atom is -0.445 e. The van der Waals surface area contributed by atoms with E-state index in [-0.39, 0.29) is 6.61 Å². The molecule has 0 bridgehead atoms. The van der Waals surface area contributed by atoms with Crippen LogP contribution in [0.1, 0.15) is 5.69 Å². The summed E-state index contributed by atoms with van der Waals surface area (Å²) in [6, 6.07) is 1.80. The molecule has 2 heterocycles. The van der Waals surface area contributed by atoms with E-state index in [1.165, 1.54) is 0 Å². The minimum atomic E-state index is -0.0595. The lowest BCUT2D eigenvalue weighted by atomic mass is 10.4. The number of H-pyrrole nitrogens is 1. The lowest BCUT2D eigenvalue weighted by molar-refractivity contribution is 0.277. The van der Waals surface area contributed by atoms with Crippen LogP contribution in [0.25, 0.3) is 11.6 Å². The molecule has 14 heavy (non-hydrogen) atoms. The Morgan fingerprint density at radius 1 is 1.50 bits per heavy atom. The fourth-order valence-electron chi connectivity index (χ4n) is 1.03. The Bertz CT molecular complexity index is 430. The van der Waals surface area contributed by atoms with Crippen LogP contribution in [-0.4, -0.2) is 15.1 Å². The number of aromatic amines is 1. The first-order chi connectivity index (χ1) is 6.70. The predicted molar refractivity (Wildman–Crippen MR) is 57.6 cm³/mol. The van der Waals surface area contributed by atoms with E-state index in [1.54, 1.807) is 12.3 Å². The van der Waals surface area contributed by atoms with Gasteiger partial charge in [-0.25, -0.2) is 4.98 Å². The van der Waals surface area contributed by atoms with Crippen molar-refractivity contribution in [3.8, 4) is 11.6 Å². The lowest BCUT2D eigenvalue weighted by Gasteiger charge is -1.88. The molecule has 0 radical (unpaired) electrons. The van der Waals surface area contributed by atoms with Crippen molar-refractivity contribution in [1.29, 1.82) is 0 Å². The van der Waals surface area contributed by atoms with Crippen molar-refractivity contribution in [2.24, 2.45) is 0 Å². The number of aliphatic hydroxyl groups is 1. The number of nitrogens with one attached hydrogen (secondary N) is 1. The van der Waals surface area contributed by atoms with Crippen molar-refractivity contribution < 1.29 is 9.52 Å². The second kappa shape index (κ2) is 3.88. The third-order valence-electron chi connectivity index (χ3n) is 1.68. The van der Waals surface area contributed by atoms with Gasteiger partial charge in [-0.05, 0) is 31.9 Å². The lowest BCUT2D eigenvalue weighted by Crippen LogP contribution is -1.81. The van der Waals surface area contributed by atoms with Gasteiger partial charge in [-0.3, -0.25) is 0 Å². The maximum absolute atomic E-state index is 8.84. The van der Waals surface area contributed by atoms with Crippen molar-refractivity contribution in [2.45, 2.75) is 6.61 Å². The molecule has 0 aliphatic heterocycles. The Hall–Kier alpha value is -0.590. The zero-order chi connectivity index (χ0) is 10.1. The van der Waals surface area contributed by atoms with Gasteiger partial charge in [0.25, 0.3) is 0 Å². The smallest absolute Gasteiger partial charge is 0.184 e. The van der Waals surface area contributed by atoms with Crippen LogP contribution in [0.5, 0.6) is 0 Å². The van der Waals surface area contributed by atoms with Gasteiger partial charge in [0.15, 0.2) is 16.3 Å². The summed E-state index contributed by atoms with van der Waals surface area (Å²) in [5, 5.41) is 8.84. The molecule has 2 rings (SSSR count). The Morgan fingerprint density at radius 3 is 2.79 bits per heavy atom. The Kier molecular flexibility index (Phi) is 2.76. The van der Waals surface area contributed by atoms with Crippen LogP contribution < -0.4 is 0 Å². The molecule has 0 amide bonds. The average molecular weight is 322 g/mol. The van der Waals surface area contributed by atoms with Gasteiger partial charge in [0.1, 0.15) is 0 Å². The second-order valence-corrected chi connectivity index (χ2v) is 4.22. The van der Waals surface area contributed by atoms with Gasteiger partial charge in [0, 0.05) is 6.07 Å². The Balaban J connectivity index is 2.39. The van der Waals surface area contributed by atoms with E-state index in [1.807, 2.05) is 0 Å². The van der Waals surface area contributed by atoms with Gasteiger partial charge in [0.2, 0.25) is 0 Å². The summed E-state index contributed by atoms with van der Waals surface area (Å²) in [7, 11) is 0. The van der Waals surface area contributed by atoms with Crippen LogP contribution in [0.2, 0.25) is 0 Å². The summed E-state index contributed by atoms with van der Waals surface area (Å²) in [5.41, 5.74) is 0.656. The van der Waals surface area contributed by atoms with Gasteiger partial charge >= 0.3 is 0 Å². The van der Waals surface area contributed by atoms with Crippen LogP contribution in [0.4, 0.5) is 0 Å². The molecule has 0 spiro atoms. The molecule has 0 aliphatic carbocycles. The molecule has 2 N–H and O–H groups in total. The number of aliphatic hydroxyl groups excluding tert-OH is 1. The maximum Gasteiger partial charge on any atom is 0.184 e. The summed E-state index contributed by atoms with van der Waals surface area (Å²) in [5.74, 6) is 1.21. The number of furan rings is 1. The van der Waals surface area contributed by atoms with Crippen LogP contribution in [0, 0.1) is 0 Å². The fourth-order valence-corrected chi connectivity index (χ4v) is 1.61. The van der Waals surface area contributed by atoms with Crippen molar-refractivity contribution in [3.63, 3.8) is 0 Å². The third-order valence-corrected chi connectivity index (χ3v) is 3.39. The molecule has 0 fully saturated rings. The summed E-state index contributed by atoms with van der Waals surface area (Å²) in [4.78, 5) is 6.98. The van der Waals surface area contributed by atoms with Gasteiger partial charge < -0.3 is 14.5 Å². The molecular formula is C8H6Br2N2O2. The molecule has 0 aliphatic rings. The standard InChI is InChI=1S/C8H6Br2N2O2/c9-5-1-6(14-7(5)10)8-11-2-4(3-13)12-8/h1-2,13H,3H2,(H,11,12). The molecule has 74 valence electrons. The van der Waals surface area contributed by atoms with Gasteiger partial charge in [-0.1, -0.05) is 0 Å². The number of aromatic nitrogens is 2. The van der Waals surface area contributed by atoms with Gasteiger partial charge in [0.05, 0.1) is 23.0 Å². The largest absolute Gasteiger partial charge is 0.445 e. The van der Waals surface area contributed by atoms with Crippen LogP contribution >= 0.6 is 31.9 Å². The molecule has 0 aromatic carbocycles. The molecule has 0 saturated heterocycles. The number of nitrogens with zero attached hydrogens (tertiary/aromatic N) is 1. The van der Waals surface area contributed by atoms with Gasteiger partial charge in [-0.2, -0.15) is 0 Å². The zero-order valence-corrected chi connectivity index (χ0v) is 10.1. The Labute approximate surface area is 96.6 Å². The molecule has 0 atom stereocenters. The second-order valence-electron chi connectivity index (χ2n) is 2.65. The monoisotopic (exact) mass is 320 g/mol. The average Bonchev–Trinajstić information content (AvgIpc) is 2.74. The summed E-state index contributed by atoms with van der Waals surface area (Å²) in [6.45, 7) is -0.0595. The molecular weight excluding hydrogens is 316 g/mol. The quantitative estimate of drug-likeness (QED) is 0.894. The van der Waals surface area contributed by atoms with Crippen LogP contribution in [0.15, 0.2) is 25.8 Å². The topological polar surface area (TPSA) is 62.1 Å². The highest BCUT2D eigenvalue weighted by Crippen LogP contribution is 2.31. The van der Waals surface area contributed by atoms with E-state index in [0.717, 1.165) is 4.47 Å². The normalized spacial score (nSPS) is 10.8. The number of rotatable bonds is 2. The summed E-state index contributed by atoms with van der Waals surface area (Å²) < 4.78 is 6.80. The number of hydrogen-bond acceptors (Lipinski definition) is 3. The highest BCUT2D eigenvalue weighted by atomic mass is 79.9. The van der Waals surface area contributed by atoms with Crippen molar-refractivity contribution in [1.82, 2.24) is 9.97 Å². The summed E-state index contributed by atoms with van der Waals surface area (Å²) >= 11 is 6.54. The Morgan fingerprint density at radius 2 is 2.29 bits per heavy atom. The SMILES string of the molecule is OCc1cnc(-c2cc(Br)c(Br)o2)[nH]1. The first-order valence-electron chi connectivity index (χ1n) is 3.80. The predicted octanol–water partition coefficient (Wildman–Crippen LogP) is 2.69. The first kappa shape index (κ1) is 9.95. The van der Waals surface area contributed by atoms with E-state index in [4.69, 9.17) is 9.52 Å². The van der Waals surface area contributed by atoms with Gasteiger partial charge in [-0.15, -0.1) is 0 Å².